The van der Waals surface area contributed by atoms with Crippen LogP contribution in [0.4, 0.5) is 5.69 Å². The number of likely N-dealkylation sites (tertiary alicyclic amines) is 1. The Labute approximate surface area is 198 Å². The molecule has 0 aromatic heterocycles. The summed E-state index contributed by atoms with van der Waals surface area (Å²) in [6.07, 6.45) is 1.22. The Bertz CT molecular complexity index is 1160. The molecule has 0 saturated carbocycles. The van der Waals surface area contributed by atoms with Crippen LogP contribution in [0.3, 0.4) is 0 Å². The Morgan fingerprint density at radius 1 is 0.882 bits per heavy atom. The number of benzene rings is 3. The predicted molar refractivity (Wildman–Crippen MR) is 129 cm³/mol. The molecule has 0 radical (unpaired) electrons. The summed E-state index contributed by atoms with van der Waals surface area (Å²) in [7, 11) is 0. The number of nitrogens with zero attached hydrogens (tertiary/aromatic N) is 1. The zero-order valence-electron chi connectivity index (χ0n) is 18.8. The molecule has 1 saturated heterocycles. The Morgan fingerprint density at radius 3 is 2.12 bits per heavy atom. The van der Waals surface area contributed by atoms with Crippen LogP contribution in [0.15, 0.2) is 78.9 Å². The van der Waals surface area contributed by atoms with Gasteiger partial charge in [-0.05, 0) is 42.2 Å². The Morgan fingerprint density at radius 2 is 1.50 bits per heavy atom. The van der Waals surface area contributed by atoms with Crippen LogP contribution in [0.2, 0.25) is 0 Å². The van der Waals surface area contributed by atoms with Crippen molar-refractivity contribution in [1.29, 1.82) is 0 Å². The van der Waals surface area contributed by atoms with E-state index >= 15 is 0 Å². The van der Waals surface area contributed by atoms with Gasteiger partial charge in [-0.15, -0.1) is 0 Å². The van der Waals surface area contributed by atoms with E-state index < -0.39 is 0 Å². The molecular weight excluding hydrogens is 428 g/mol. The van der Waals surface area contributed by atoms with Gasteiger partial charge in [0, 0.05) is 24.6 Å². The van der Waals surface area contributed by atoms with E-state index in [1.54, 1.807) is 18.2 Å². The number of carbonyl (C=O) groups is 3. The summed E-state index contributed by atoms with van der Waals surface area (Å²) < 4.78 is 5.38. The van der Waals surface area contributed by atoms with E-state index in [9.17, 15) is 14.4 Å². The molecule has 0 aliphatic carbocycles. The highest BCUT2D eigenvalue weighted by molar-refractivity contribution is 6.02. The number of hydrogen-bond donors (Lipinski definition) is 1. The van der Waals surface area contributed by atoms with Crippen molar-refractivity contribution in [1.82, 2.24) is 4.90 Å². The lowest BCUT2D eigenvalue weighted by atomic mass is 9.86. The third-order valence-corrected chi connectivity index (χ3v) is 6.59. The number of ether oxygens (including phenoxy) is 1. The van der Waals surface area contributed by atoms with Crippen molar-refractivity contribution in [3.63, 3.8) is 0 Å². The monoisotopic (exact) mass is 454 g/mol. The second kappa shape index (κ2) is 9.51. The molecule has 3 aromatic carbocycles. The van der Waals surface area contributed by atoms with Crippen LogP contribution < -0.4 is 10.1 Å². The minimum absolute atomic E-state index is 0.0141. The fourth-order valence-corrected chi connectivity index (χ4v) is 4.79. The smallest absolute Gasteiger partial charge is 0.262 e. The first-order valence-corrected chi connectivity index (χ1v) is 11.6. The van der Waals surface area contributed by atoms with Crippen LogP contribution >= 0.6 is 0 Å². The molecule has 6 heteroatoms. The Kier molecular flexibility index (Phi) is 6.12. The van der Waals surface area contributed by atoms with Crippen LogP contribution in [0.5, 0.6) is 5.75 Å². The molecule has 2 aliphatic rings. The Hall–Kier alpha value is -3.93. The number of ketones is 1. The summed E-state index contributed by atoms with van der Waals surface area (Å²) in [6, 6.07) is 24.8. The number of carbonyl (C=O) groups excluding carboxylic acids is 3. The molecule has 3 aromatic rings. The molecule has 0 atom stereocenters. The van der Waals surface area contributed by atoms with E-state index in [-0.39, 0.29) is 36.0 Å². The number of hydrogen-bond acceptors (Lipinski definition) is 4. The largest absolute Gasteiger partial charge is 0.482 e. The van der Waals surface area contributed by atoms with Crippen molar-refractivity contribution < 1.29 is 19.1 Å². The lowest BCUT2D eigenvalue weighted by Gasteiger charge is -2.34. The third kappa shape index (κ3) is 4.44. The highest BCUT2D eigenvalue weighted by Gasteiger charge is 2.33. The molecule has 0 bridgehead atoms. The molecule has 34 heavy (non-hydrogen) atoms. The molecule has 1 fully saturated rings. The topological polar surface area (TPSA) is 75.7 Å². The number of amides is 2. The first kappa shape index (κ1) is 21.9. The van der Waals surface area contributed by atoms with Gasteiger partial charge in [0.1, 0.15) is 5.75 Å². The Balaban J connectivity index is 1.29. The van der Waals surface area contributed by atoms with E-state index in [1.165, 1.54) is 0 Å². The summed E-state index contributed by atoms with van der Waals surface area (Å²) in [5.41, 5.74) is 3.02. The van der Waals surface area contributed by atoms with Crippen LogP contribution in [-0.4, -0.2) is 42.2 Å². The molecule has 2 aliphatic heterocycles. The molecule has 6 nitrogen and oxygen atoms in total. The molecule has 1 N–H and O–H groups in total. The van der Waals surface area contributed by atoms with Gasteiger partial charge in [-0.2, -0.15) is 0 Å². The lowest BCUT2D eigenvalue weighted by Crippen LogP contribution is -2.42. The maximum Gasteiger partial charge on any atom is 0.262 e. The average molecular weight is 455 g/mol. The minimum Gasteiger partial charge on any atom is -0.482 e. The van der Waals surface area contributed by atoms with Crippen LogP contribution in [0.1, 0.15) is 40.2 Å². The fourth-order valence-electron chi connectivity index (χ4n) is 4.79. The van der Waals surface area contributed by atoms with Gasteiger partial charge in [0.2, 0.25) is 5.91 Å². The third-order valence-electron chi connectivity index (χ3n) is 6.59. The summed E-state index contributed by atoms with van der Waals surface area (Å²) in [4.78, 5) is 40.3. The van der Waals surface area contributed by atoms with Gasteiger partial charge in [0.15, 0.2) is 12.4 Å². The summed E-state index contributed by atoms with van der Waals surface area (Å²) in [6.45, 7) is 1.06. The van der Waals surface area contributed by atoms with E-state index in [0.29, 0.717) is 42.9 Å². The average Bonchev–Trinajstić information content (AvgIpc) is 2.89. The molecule has 5 rings (SSSR count). The molecule has 2 heterocycles. The van der Waals surface area contributed by atoms with Gasteiger partial charge < -0.3 is 15.0 Å². The first-order valence-electron chi connectivity index (χ1n) is 11.6. The van der Waals surface area contributed by atoms with E-state index in [4.69, 9.17) is 4.74 Å². The van der Waals surface area contributed by atoms with Crippen molar-refractivity contribution in [2.75, 3.05) is 25.0 Å². The predicted octanol–water partition coefficient (Wildman–Crippen LogP) is 4.27. The molecule has 0 unspecified atom stereocenters. The summed E-state index contributed by atoms with van der Waals surface area (Å²) in [5.74, 6) is -0.0674. The quantitative estimate of drug-likeness (QED) is 0.584. The summed E-state index contributed by atoms with van der Waals surface area (Å²) >= 11 is 0. The van der Waals surface area contributed by atoms with Gasteiger partial charge >= 0.3 is 0 Å². The second-order valence-electron chi connectivity index (χ2n) is 8.77. The maximum absolute atomic E-state index is 13.6. The van der Waals surface area contributed by atoms with Crippen molar-refractivity contribution in [2.45, 2.75) is 18.8 Å². The highest BCUT2D eigenvalue weighted by atomic mass is 16.5. The van der Waals surface area contributed by atoms with Crippen molar-refractivity contribution >= 4 is 23.3 Å². The number of rotatable bonds is 5. The van der Waals surface area contributed by atoms with Gasteiger partial charge in [0.05, 0.1) is 11.6 Å². The van der Waals surface area contributed by atoms with Gasteiger partial charge in [0.25, 0.3) is 5.91 Å². The molecule has 0 spiro atoms. The van der Waals surface area contributed by atoms with Crippen LogP contribution in [0.25, 0.3) is 0 Å². The SMILES string of the molecule is O=C1COc2ccc(C(=O)C3CCN(C(=O)C(c4ccccc4)c4ccccc4)CC3)cc2N1. The fraction of sp³-hybridized carbons (Fsp3) is 0.250. The lowest BCUT2D eigenvalue weighted by molar-refractivity contribution is -0.133. The van der Waals surface area contributed by atoms with Gasteiger partial charge in [-0.25, -0.2) is 0 Å². The zero-order valence-corrected chi connectivity index (χ0v) is 18.8. The van der Waals surface area contributed by atoms with Crippen LogP contribution in [0, 0.1) is 5.92 Å². The van der Waals surface area contributed by atoms with Crippen molar-refractivity contribution in [3.05, 3.63) is 95.6 Å². The van der Waals surface area contributed by atoms with E-state index in [1.807, 2.05) is 65.6 Å². The van der Waals surface area contributed by atoms with Gasteiger partial charge in [-0.1, -0.05) is 60.7 Å². The number of Topliss-reactive ketones (excluding diaryl/α,β-unsaturated/α-hetero) is 1. The van der Waals surface area contributed by atoms with E-state index in [0.717, 1.165) is 11.1 Å². The standard InChI is InChI=1S/C28H26N2O4/c31-25-18-34-24-12-11-22(17-23(24)29-25)27(32)21-13-15-30(16-14-21)28(33)26(19-7-3-1-4-8-19)20-9-5-2-6-10-20/h1-12,17,21,26H,13-16,18H2,(H,29,31). The number of anilines is 1. The van der Waals surface area contributed by atoms with Crippen molar-refractivity contribution in [3.8, 4) is 5.75 Å². The molecular formula is C28H26N2O4. The summed E-state index contributed by atoms with van der Waals surface area (Å²) in [5, 5.41) is 2.75. The van der Waals surface area contributed by atoms with Gasteiger partial charge in [-0.3, -0.25) is 14.4 Å². The normalized spacial score (nSPS) is 15.9. The number of fused-ring (bicyclic) bond motifs is 1. The minimum atomic E-state index is -0.362. The first-order chi connectivity index (χ1) is 16.6. The zero-order chi connectivity index (χ0) is 23.5. The molecule has 2 amide bonds. The van der Waals surface area contributed by atoms with Crippen molar-refractivity contribution in [2.24, 2.45) is 5.92 Å². The van der Waals surface area contributed by atoms with E-state index in [2.05, 4.69) is 5.32 Å². The number of nitrogens with one attached hydrogen (secondary N) is 1. The number of piperidine rings is 1. The molecule has 172 valence electrons. The maximum atomic E-state index is 13.6. The second-order valence-corrected chi connectivity index (χ2v) is 8.77. The van der Waals surface area contributed by atoms with Crippen LogP contribution in [-0.2, 0) is 9.59 Å². The highest BCUT2D eigenvalue weighted by Crippen LogP contribution is 2.32.